The second-order valence-electron chi connectivity index (χ2n) is 4.06. The van der Waals surface area contributed by atoms with Gasteiger partial charge < -0.3 is 20.8 Å². The van der Waals surface area contributed by atoms with E-state index >= 15 is 0 Å². The number of amides is 3. The van der Waals surface area contributed by atoms with Gasteiger partial charge in [0.2, 0.25) is 17.5 Å². The number of nitrogens with zero attached hydrogens (tertiary/aromatic N) is 3. The highest BCUT2D eigenvalue weighted by Crippen LogP contribution is 2.16. The van der Waals surface area contributed by atoms with E-state index in [4.69, 9.17) is 11.0 Å². The van der Waals surface area contributed by atoms with Gasteiger partial charge in [0.1, 0.15) is 19.2 Å². The van der Waals surface area contributed by atoms with E-state index in [2.05, 4.69) is 15.3 Å². The number of carbonyl (C=O) groups excluding carboxylic acids is 3. The number of primary amides is 1. The maximum Gasteiger partial charge on any atom is 0.284 e. The molecule has 0 aromatic heterocycles. The van der Waals surface area contributed by atoms with Gasteiger partial charge in [-0.15, -0.1) is 0 Å². The zero-order chi connectivity index (χ0) is 15.1. The first-order chi connectivity index (χ1) is 9.51. The van der Waals surface area contributed by atoms with Gasteiger partial charge in [-0.25, -0.2) is 0 Å². The number of oxime groups is 1. The molecule has 1 heterocycles. The molecule has 0 aliphatic carbocycles. The first-order valence-electron chi connectivity index (χ1n) is 5.89. The van der Waals surface area contributed by atoms with Crippen LogP contribution in [0.5, 0.6) is 0 Å². The molecule has 3 amide bonds. The molecule has 1 rings (SSSR count). The van der Waals surface area contributed by atoms with Gasteiger partial charge in [0.15, 0.2) is 0 Å². The molecule has 20 heavy (non-hydrogen) atoms. The molecule has 3 N–H and O–H groups in total. The third kappa shape index (κ3) is 3.68. The second kappa shape index (κ2) is 7.08. The van der Waals surface area contributed by atoms with Crippen LogP contribution in [0.15, 0.2) is 5.16 Å². The lowest BCUT2D eigenvalue weighted by molar-refractivity contribution is -0.137. The molecule has 108 valence electrons. The SMILES string of the molecule is CO/N=C(\C#N)C(=O)NCC(=O)N1CCC[C@H]1C(N)=O. The Hall–Kier alpha value is -2.63. The van der Waals surface area contributed by atoms with Crippen molar-refractivity contribution in [2.24, 2.45) is 10.9 Å². The fourth-order valence-electron chi connectivity index (χ4n) is 1.91. The third-order valence-corrected chi connectivity index (χ3v) is 2.81. The Labute approximate surface area is 115 Å². The van der Waals surface area contributed by atoms with Crippen LogP contribution in [-0.4, -0.2) is 54.6 Å². The van der Waals surface area contributed by atoms with Gasteiger partial charge in [-0.1, -0.05) is 5.16 Å². The average Bonchev–Trinajstić information content (AvgIpc) is 2.91. The van der Waals surface area contributed by atoms with Crippen molar-refractivity contribution in [3.05, 3.63) is 0 Å². The van der Waals surface area contributed by atoms with E-state index in [1.54, 1.807) is 0 Å². The molecule has 9 nitrogen and oxygen atoms in total. The first kappa shape index (κ1) is 15.4. The van der Waals surface area contributed by atoms with E-state index < -0.39 is 29.5 Å². The Balaban J connectivity index is 2.56. The molecule has 0 spiro atoms. The molecule has 0 radical (unpaired) electrons. The Kier molecular flexibility index (Phi) is 5.46. The smallest absolute Gasteiger partial charge is 0.284 e. The quantitative estimate of drug-likeness (QED) is 0.448. The summed E-state index contributed by atoms with van der Waals surface area (Å²) >= 11 is 0. The van der Waals surface area contributed by atoms with Gasteiger partial charge in [0.05, 0.1) is 6.54 Å². The van der Waals surface area contributed by atoms with Crippen LogP contribution in [0.4, 0.5) is 0 Å². The van der Waals surface area contributed by atoms with Crippen LogP contribution in [0.3, 0.4) is 0 Å². The highest BCUT2D eigenvalue weighted by atomic mass is 16.6. The van der Waals surface area contributed by atoms with E-state index in [-0.39, 0.29) is 6.54 Å². The molecule has 0 bridgehead atoms. The number of nitrogens with two attached hydrogens (primary N) is 1. The van der Waals surface area contributed by atoms with E-state index in [1.165, 1.54) is 18.1 Å². The van der Waals surface area contributed by atoms with Crippen molar-refractivity contribution in [3.8, 4) is 6.07 Å². The van der Waals surface area contributed by atoms with Crippen LogP contribution < -0.4 is 11.1 Å². The molecule has 1 atom stereocenters. The summed E-state index contributed by atoms with van der Waals surface area (Å²) in [4.78, 5) is 40.2. The summed E-state index contributed by atoms with van der Waals surface area (Å²) in [6.07, 6.45) is 1.20. The van der Waals surface area contributed by atoms with Crippen LogP contribution >= 0.6 is 0 Å². The Morgan fingerprint density at radius 2 is 2.25 bits per heavy atom. The standard InChI is InChI=1S/C11H15N5O4/c1-20-15-7(5-12)11(19)14-6-9(17)16-4-2-3-8(16)10(13)18/h8H,2-4,6H2,1H3,(H2,13,18)(H,14,19)/b15-7+/t8-/m0/s1. The monoisotopic (exact) mass is 281 g/mol. The molecular weight excluding hydrogens is 266 g/mol. The fraction of sp³-hybridized carbons (Fsp3) is 0.545. The molecule has 1 fully saturated rings. The summed E-state index contributed by atoms with van der Waals surface area (Å²) in [6.45, 7) is 0.0760. The predicted octanol–water partition coefficient (Wildman–Crippen LogP) is -1.90. The van der Waals surface area contributed by atoms with Gasteiger partial charge in [-0.05, 0) is 12.8 Å². The van der Waals surface area contributed by atoms with Gasteiger partial charge in [0.25, 0.3) is 5.91 Å². The summed E-state index contributed by atoms with van der Waals surface area (Å²) in [5, 5.41) is 14.1. The average molecular weight is 281 g/mol. The summed E-state index contributed by atoms with van der Waals surface area (Å²) in [6, 6.07) is 0.900. The maximum atomic E-state index is 11.9. The highest BCUT2D eigenvalue weighted by molar-refractivity contribution is 6.45. The molecular formula is C11H15N5O4. The zero-order valence-electron chi connectivity index (χ0n) is 11.0. The molecule has 1 aliphatic rings. The van der Waals surface area contributed by atoms with Crippen molar-refractivity contribution in [2.75, 3.05) is 20.2 Å². The summed E-state index contributed by atoms with van der Waals surface area (Å²) in [5.74, 6) is -1.83. The van der Waals surface area contributed by atoms with E-state index in [0.717, 1.165) is 0 Å². The van der Waals surface area contributed by atoms with Crippen molar-refractivity contribution in [1.29, 1.82) is 5.26 Å². The number of nitrogens with one attached hydrogen (secondary N) is 1. The van der Waals surface area contributed by atoms with Gasteiger partial charge in [0, 0.05) is 6.54 Å². The van der Waals surface area contributed by atoms with Crippen molar-refractivity contribution >= 4 is 23.4 Å². The lowest BCUT2D eigenvalue weighted by Gasteiger charge is -2.22. The summed E-state index contributed by atoms with van der Waals surface area (Å²) in [7, 11) is 1.19. The molecule has 0 saturated carbocycles. The van der Waals surface area contributed by atoms with Crippen molar-refractivity contribution in [3.63, 3.8) is 0 Å². The maximum absolute atomic E-state index is 11.9. The fourth-order valence-corrected chi connectivity index (χ4v) is 1.91. The number of likely N-dealkylation sites (tertiary alicyclic amines) is 1. The minimum atomic E-state index is -0.822. The molecule has 0 unspecified atom stereocenters. The topological polar surface area (TPSA) is 138 Å². The van der Waals surface area contributed by atoms with Crippen LogP contribution in [0.2, 0.25) is 0 Å². The van der Waals surface area contributed by atoms with Crippen LogP contribution in [-0.2, 0) is 19.2 Å². The van der Waals surface area contributed by atoms with E-state index in [9.17, 15) is 14.4 Å². The summed E-state index contributed by atoms with van der Waals surface area (Å²) in [5.41, 5.74) is 4.70. The van der Waals surface area contributed by atoms with Gasteiger partial charge in [-0.2, -0.15) is 5.26 Å². The predicted molar refractivity (Wildman–Crippen MR) is 67.0 cm³/mol. The number of hydrogen-bond donors (Lipinski definition) is 2. The molecule has 1 aliphatic heterocycles. The number of rotatable bonds is 5. The largest absolute Gasteiger partial charge is 0.398 e. The van der Waals surface area contributed by atoms with Gasteiger partial charge in [-0.3, -0.25) is 14.4 Å². The molecule has 0 aromatic rings. The minimum absolute atomic E-state index is 0.340. The first-order valence-corrected chi connectivity index (χ1v) is 5.89. The number of nitriles is 1. The Morgan fingerprint density at radius 3 is 2.80 bits per heavy atom. The van der Waals surface area contributed by atoms with Gasteiger partial charge >= 0.3 is 0 Å². The zero-order valence-corrected chi connectivity index (χ0v) is 11.0. The lowest BCUT2D eigenvalue weighted by atomic mass is 10.2. The number of hydrogen-bond acceptors (Lipinski definition) is 6. The van der Waals surface area contributed by atoms with E-state index in [0.29, 0.717) is 19.4 Å². The van der Waals surface area contributed by atoms with E-state index in [1.807, 2.05) is 0 Å². The van der Waals surface area contributed by atoms with Crippen molar-refractivity contribution in [1.82, 2.24) is 10.2 Å². The van der Waals surface area contributed by atoms with Crippen molar-refractivity contribution in [2.45, 2.75) is 18.9 Å². The van der Waals surface area contributed by atoms with Crippen molar-refractivity contribution < 1.29 is 19.2 Å². The highest BCUT2D eigenvalue weighted by Gasteiger charge is 2.32. The molecule has 0 aromatic carbocycles. The lowest BCUT2D eigenvalue weighted by Crippen LogP contribution is -2.48. The van der Waals surface area contributed by atoms with Crippen LogP contribution in [0, 0.1) is 11.3 Å². The number of carbonyl (C=O) groups is 3. The third-order valence-electron chi connectivity index (χ3n) is 2.81. The van der Waals surface area contributed by atoms with Crippen LogP contribution in [0.1, 0.15) is 12.8 Å². The van der Waals surface area contributed by atoms with Crippen LogP contribution in [0.25, 0.3) is 0 Å². The second-order valence-corrected chi connectivity index (χ2v) is 4.06. The Bertz CT molecular complexity index is 482. The minimum Gasteiger partial charge on any atom is -0.398 e. The summed E-state index contributed by atoms with van der Waals surface area (Å²) < 4.78 is 0. The molecule has 1 saturated heterocycles. The molecule has 9 heteroatoms. The Morgan fingerprint density at radius 1 is 1.55 bits per heavy atom. The normalized spacial score (nSPS) is 18.3.